The van der Waals surface area contributed by atoms with Gasteiger partial charge in [-0.15, -0.1) is 0 Å². The largest absolute Gasteiger partial charge is 0.369 e. The molecule has 0 radical (unpaired) electrons. The van der Waals surface area contributed by atoms with Crippen molar-refractivity contribution in [2.45, 2.75) is 0 Å². The normalized spacial score (nSPS) is 17.8. The highest BCUT2D eigenvalue weighted by atomic mass is 35.5. The Morgan fingerprint density at radius 3 is 2.00 bits per heavy atom. The molecule has 0 spiro atoms. The molecule has 0 N–H and O–H groups in total. The Hall–Kier alpha value is -3.23. The van der Waals surface area contributed by atoms with Crippen molar-refractivity contribution < 1.29 is 14.5 Å². The number of piperazine rings is 1. The maximum Gasteiger partial charge on any atom is 0.277 e. The van der Waals surface area contributed by atoms with Crippen LogP contribution >= 0.6 is 11.6 Å². The van der Waals surface area contributed by atoms with Crippen molar-refractivity contribution in [2.75, 3.05) is 43.0 Å². The van der Waals surface area contributed by atoms with Gasteiger partial charge in [0.2, 0.25) is 0 Å². The molecule has 1 saturated heterocycles. The summed E-state index contributed by atoms with van der Waals surface area (Å²) in [6.07, 6.45) is 0. The number of carbonyl (C=O) groups is 2. The smallest absolute Gasteiger partial charge is 0.277 e. The molecule has 2 heterocycles. The van der Waals surface area contributed by atoms with E-state index >= 15 is 0 Å². The summed E-state index contributed by atoms with van der Waals surface area (Å²) in [5.74, 6) is -1.16. The van der Waals surface area contributed by atoms with Gasteiger partial charge >= 0.3 is 0 Å². The Kier molecular flexibility index (Phi) is 5.27. The predicted octanol–water partition coefficient (Wildman–Crippen LogP) is 2.87. The molecule has 2 amide bonds. The van der Waals surface area contributed by atoms with Crippen molar-refractivity contribution in [2.24, 2.45) is 0 Å². The van der Waals surface area contributed by atoms with Gasteiger partial charge in [0.1, 0.15) is 5.03 Å². The number of hydrogen-bond acceptors (Lipinski definition) is 6. The number of halogens is 1. The van der Waals surface area contributed by atoms with Crippen LogP contribution in [-0.4, -0.2) is 54.9 Å². The molecule has 2 aliphatic rings. The number of likely N-dealkylation sites (N-methyl/N-ethyl adjacent to an activating group) is 1. The fourth-order valence-corrected chi connectivity index (χ4v) is 3.89. The van der Waals surface area contributed by atoms with E-state index < -0.39 is 16.7 Å². The first-order valence-corrected chi connectivity index (χ1v) is 9.81. The van der Waals surface area contributed by atoms with Gasteiger partial charge in [-0.25, -0.2) is 4.90 Å². The zero-order chi connectivity index (χ0) is 21.4. The second-order valence-electron chi connectivity index (χ2n) is 7.25. The van der Waals surface area contributed by atoms with Crippen LogP contribution in [-0.2, 0) is 9.59 Å². The molecule has 8 nitrogen and oxygen atoms in total. The van der Waals surface area contributed by atoms with Crippen LogP contribution in [0.25, 0.3) is 5.57 Å². The van der Waals surface area contributed by atoms with Crippen molar-refractivity contribution in [1.82, 2.24) is 4.90 Å². The van der Waals surface area contributed by atoms with Crippen LogP contribution < -0.4 is 9.80 Å². The number of nitro groups is 1. The topological polar surface area (TPSA) is 87.0 Å². The van der Waals surface area contributed by atoms with Crippen molar-refractivity contribution >= 4 is 46.1 Å². The van der Waals surface area contributed by atoms with Gasteiger partial charge in [0.15, 0.2) is 0 Å². The van der Waals surface area contributed by atoms with Crippen molar-refractivity contribution in [3.05, 3.63) is 69.2 Å². The monoisotopic (exact) mass is 426 g/mol. The molecule has 0 atom stereocenters. The number of amides is 2. The predicted molar refractivity (Wildman–Crippen MR) is 115 cm³/mol. The Morgan fingerprint density at radius 1 is 0.867 bits per heavy atom. The molecule has 2 aliphatic heterocycles. The zero-order valence-corrected chi connectivity index (χ0v) is 17.0. The van der Waals surface area contributed by atoms with Gasteiger partial charge in [0.25, 0.3) is 17.5 Å². The number of hydrogen-bond donors (Lipinski definition) is 0. The summed E-state index contributed by atoms with van der Waals surface area (Å²) < 4.78 is 0. The highest BCUT2D eigenvalue weighted by Gasteiger charge is 2.39. The minimum Gasteiger partial charge on any atom is -0.369 e. The van der Waals surface area contributed by atoms with Gasteiger partial charge in [-0.05, 0) is 49.0 Å². The first-order chi connectivity index (χ1) is 14.4. The van der Waals surface area contributed by atoms with Crippen molar-refractivity contribution in [3.63, 3.8) is 0 Å². The highest BCUT2D eigenvalue weighted by Crippen LogP contribution is 2.36. The molecule has 0 unspecified atom stereocenters. The molecule has 0 bridgehead atoms. The Balaban J connectivity index is 1.57. The van der Waals surface area contributed by atoms with E-state index in [1.54, 1.807) is 12.1 Å². The first-order valence-electron chi connectivity index (χ1n) is 9.44. The molecule has 30 heavy (non-hydrogen) atoms. The summed E-state index contributed by atoms with van der Waals surface area (Å²) >= 11 is 6.19. The Labute approximate surface area is 178 Å². The third-order valence-corrected chi connectivity index (χ3v) is 5.72. The third kappa shape index (κ3) is 3.55. The van der Waals surface area contributed by atoms with E-state index in [4.69, 9.17) is 11.6 Å². The summed E-state index contributed by atoms with van der Waals surface area (Å²) in [5.41, 5.74) is 1.75. The number of nitro benzene ring substituents is 1. The molecule has 9 heteroatoms. The van der Waals surface area contributed by atoms with E-state index in [9.17, 15) is 19.7 Å². The van der Waals surface area contributed by atoms with E-state index in [1.807, 2.05) is 12.1 Å². The lowest BCUT2D eigenvalue weighted by Crippen LogP contribution is -2.44. The number of nitrogens with zero attached hydrogens (tertiary/aromatic N) is 4. The fraction of sp³-hybridized carbons (Fsp3) is 0.238. The van der Waals surface area contributed by atoms with E-state index in [-0.39, 0.29) is 16.3 Å². The number of non-ortho nitro benzene ring substituents is 1. The van der Waals surface area contributed by atoms with E-state index in [2.05, 4.69) is 16.8 Å². The number of imide groups is 1. The number of carbonyl (C=O) groups excluding carboxylic acids is 2. The van der Waals surface area contributed by atoms with Crippen LogP contribution in [0.2, 0.25) is 0 Å². The quantitative estimate of drug-likeness (QED) is 0.424. The lowest BCUT2D eigenvalue weighted by Gasteiger charge is -2.34. The standard InChI is InChI=1S/C21H19ClN4O4/c1-23-10-12-24(13-11-23)15-6-8-16(9-7-15)25-20(27)18(19(22)21(25)28)14-2-4-17(5-3-14)26(29)30/h2-9H,10-13H2,1H3. The molecule has 154 valence electrons. The lowest BCUT2D eigenvalue weighted by molar-refractivity contribution is -0.384. The molecule has 2 aromatic rings. The summed E-state index contributed by atoms with van der Waals surface area (Å²) in [5, 5.41) is 10.6. The number of rotatable bonds is 4. The summed E-state index contributed by atoms with van der Waals surface area (Å²) in [4.78, 5) is 41.5. The second kappa shape index (κ2) is 7.89. The van der Waals surface area contributed by atoms with Crippen molar-refractivity contribution in [3.8, 4) is 0 Å². The molecule has 0 saturated carbocycles. The van der Waals surface area contributed by atoms with Gasteiger partial charge in [0, 0.05) is 44.0 Å². The average molecular weight is 427 g/mol. The van der Waals surface area contributed by atoms with Gasteiger partial charge in [-0.3, -0.25) is 19.7 Å². The summed E-state index contributed by atoms with van der Waals surface area (Å²) in [7, 11) is 2.09. The second-order valence-corrected chi connectivity index (χ2v) is 7.62. The molecule has 1 fully saturated rings. The van der Waals surface area contributed by atoms with Crippen LogP contribution in [0.4, 0.5) is 17.1 Å². The Bertz CT molecular complexity index is 1040. The van der Waals surface area contributed by atoms with Gasteiger partial charge < -0.3 is 9.80 Å². The fourth-order valence-electron chi connectivity index (χ4n) is 3.61. The lowest BCUT2D eigenvalue weighted by atomic mass is 10.1. The molecule has 2 aromatic carbocycles. The minimum atomic E-state index is -0.609. The van der Waals surface area contributed by atoms with Crippen LogP contribution in [0.3, 0.4) is 0 Å². The molecule has 4 rings (SSSR count). The van der Waals surface area contributed by atoms with Crippen molar-refractivity contribution in [1.29, 1.82) is 0 Å². The van der Waals surface area contributed by atoms with Gasteiger partial charge in [-0.2, -0.15) is 0 Å². The third-order valence-electron chi connectivity index (χ3n) is 5.37. The maximum absolute atomic E-state index is 13.0. The molecule has 0 aromatic heterocycles. The van der Waals surface area contributed by atoms with Crippen LogP contribution in [0, 0.1) is 10.1 Å². The average Bonchev–Trinajstić information content (AvgIpc) is 2.97. The Morgan fingerprint density at radius 2 is 1.43 bits per heavy atom. The zero-order valence-electron chi connectivity index (χ0n) is 16.2. The highest BCUT2D eigenvalue weighted by molar-refractivity contribution is 6.60. The summed E-state index contributed by atoms with van der Waals surface area (Å²) in [6.45, 7) is 3.77. The van der Waals surface area contributed by atoms with Crippen LogP contribution in [0.15, 0.2) is 53.6 Å². The van der Waals surface area contributed by atoms with Gasteiger partial charge in [0.05, 0.1) is 16.2 Å². The van der Waals surface area contributed by atoms with Gasteiger partial charge in [-0.1, -0.05) is 11.6 Å². The van der Waals surface area contributed by atoms with E-state index in [0.29, 0.717) is 11.3 Å². The van der Waals surface area contributed by atoms with Crippen LogP contribution in [0.5, 0.6) is 0 Å². The summed E-state index contributed by atoms with van der Waals surface area (Å²) in [6, 6.07) is 12.6. The SMILES string of the molecule is CN1CCN(c2ccc(N3C(=O)C(Cl)=C(c4ccc([N+](=O)[O-])cc4)C3=O)cc2)CC1. The minimum absolute atomic E-state index is 0.0414. The number of anilines is 2. The molecule has 0 aliphatic carbocycles. The van der Waals surface area contributed by atoms with E-state index in [0.717, 1.165) is 36.8 Å². The van der Waals surface area contributed by atoms with Crippen LogP contribution in [0.1, 0.15) is 5.56 Å². The molecular formula is C21H19ClN4O4. The first kappa shape index (κ1) is 20.1. The molecular weight excluding hydrogens is 408 g/mol. The maximum atomic E-state index is 13.0. The van der Waals surface area contributed by atoms with E-state index in [1.165, 1.54) is 24.3 Å². The number of benzene rings is 2.